The number of aromatic nitrogens is 3. The molecule has 1 amide bonds. The zero-order valence-electron chi connectivity index (χ0n) is 13.8. The van der Waals surface area contributed by atoms with Crippen LogP contribution in [-0.4, -0.2) is 38.2 Å². The third-order valence-corrected chi connectivity index (χ3v) is 5.06. The standard InChI is InChI=1S/C17H22N4OS/c1-12(23-3)9-17(22)21(14-6-7-14)16-11-20(19-13(16)2)15-5-4-8-18-10-15/h4-5,8,10-12,14H,6-7,9H2,1-3H3. The average Bonchev–Trinajstić information content (AvgIpc) is 3.31. The van der Waals surface area contributed by atoms with E-state index in [1.807, 2.05) is 36.4 Å². The first-order chi connectivity index (χ1) is 11.1. The molecule has 1 aliphatic carbocycles. The minimum absolute atomic E-state index is 0.197. The molecular formula is C17H22N4OS. The number of nitrogens with zero attached hydrogens (tertiary/aromatic N) is 4. The third kappa shape index (κ3) is 3.58. The summed E-state index contributed by atoms with van der Waals surface area (Å²) < 4.78 is 1.80. The maximum atomic E-state index is 12.8. The van der Waals surface area contributed by atoms with Gasteiger partial charge in [-0.3, -0.25) is 9.78 Å². The molecule has 5 nitrogen and oxygen atoms in total. The first-order valence-electron chi connectivity index (χ1n) is 7.91. The van der Waals surface area contributed by atoms with Crippen molar-refractivity contribution in [2.45, 2.75) is 44.4 Å². The summed E-state index contributed by atoms with van der Waals surface area (Å²) in [5.74, 6) is 0.197. The van der Waals surface area contributed by atoms with Gasteiger partial charge < -0.3 is 4.90 Å². The van der Waals surface area contributed by atoms with E-state index in [4.69, 9.17) is 0 Å². The zero-order valence-corrected chi connectivity index (χ0v) is 14.6. The van der Waals surface area contributed by atoms with Crippen molar-refractivity contribution < 1.29 is 4.79 Å². The van der Waals surface area contributed by atoms with Crippen LogP contribution in [0.4, 0.5) is 5.69 Å². The van der Waals surface area contributed by atoms with E-state index < -0.39 is 0 Å². The number of rotatable bonds is 6. The van der Waals surface area contributed by atoms with Gasteiger partial charge in [-0.2, -0.15) is 16.9 Å². The number of anilines is 1. The highest BCUT2D eigenvalue weighted by molar-refractivity contribution is 7.99. The quantitative estimate of drug-likeness (QED) is 0.816. The van der Waals surface area contributed by atoms with Crippen LogP contribution in [0.1, 0.15) is 31.9 Å². The van der Waals surface area contributed by atoms with Crippen molar-refractivity contribution >= 4 is 23.4 Å². The molecule has 0 radical (unpaired) electrons. The van der Waals surface area contributed by atoms with Crippen LogP contribution < -0.4 is 4.90 Å². The number of pyridine rings is 1. The number of carbonyl (C=O) groups excluding carboxylic acids is 1. The van der Waals surface area contributed by atoms with Gasteiger partial charge in [0.25, 0.3) is 0 Å². The fourth-order valence-electron chi connectivity index (χ4n) is 2.60. The monoisotopic (exact) mass is 330 g/mol. The number of hydrogen-bond acceptors (Lipinski definition) is 4. The Labute approximate surface area is 141 Å². The summed E-state index contributed by atoms with van der Waals surface area (Å²) in [6, 6.07) is 4.18. The second-order valence-electron chi connectivity index (χ2n) is 6.00. The molecule has 0 saturated heterocycles. The lowest BCUT2D eigenvalue weighted by Crippen LogP contribution is -2.34. The summed E-state index contributed by atoms with van der Waals surface area (Å²) in [6.07, 6.45) is 10.2. The van der Waals surface area contributed by atoms with E-state index in [-0.39, 0.29) is 5.91 Å². The number of thioether (sulfide) groups is 1. The number of hydrogen-bond donors (Lipinski definition) is 0. The summed E-state index contributed by atoms with van der Waals surface area (Å²) >= 11 is 1.73. The third-order valence-electron chi connectivity index (χ3n) is 4.09. The van der Waals surface area contributed by atoms with Gasteiger partial charge in [0.2, 0.25) is 5.91 Å². The van der Waals surface area contributed by atoms with Crippen molar-refractivity contribution in [3.8, 4) is 5.69 Å². The molecule has 0 spiro atoms. The Balaban J connectivity index is 1.89. The zero-order chi connectivity index (χ0) is 16.4. The molecule has 0 aromatic carbocycles. The second kappa shape index (κ2) is 6.74. The SMILES string of the molecule is CSC(C)CC(=O)N(c1cn(-c2cccnc2)nc1C)C1CC1. The van der Waals surface area contributed by atoms with Crippen LogP contribution in [0.15, 0.2) is 30.7 Å². The first-order valence-corrected chi connectivity index (χ1v) is 9.20. The molecular weight excluding hydrogens is 308 g/mol. The van der Waals surface area contributed by atoms with E-state index in [2.05, 4.69) is 17.0 Å². The molecule has 3 rings (SSSR count). The van der Waals surface area contributed by atoms with E-state index in [1.165, 1.54) is 0 Å². The number of carbonyl (C=O) groups is 1. The Kier molecular flexibility index (Phi) is 4.71. The summed E-state index contributed by atoms with van der Waals surface area (Å²) in [5, 5.41) is 4.90. The summed E-state index contributed by atoms with van der Waals surface area (Å²) in [6.45, 7) is 4.06. The van der Waals surface area contributed by atoms with E-state index in [0.717, 1.165) is 29.9 Å². The summed E-state index contributed by atoms with van der Waals surface area (Å²) in [7, 11) is 0. The van der Waals surface area contributed by atoms with Gasteiger partial charge in [-0.25, -0.2) is 4.68 Å². The van der Waals surface area contributed by atoms with Crippen molar-refractivity contribution in [2.75, 3.05) is 11.2 Å². The van der Waals surface area contributed by atoms with Crippen LogP contribution in [0.25, 0.3) is 5.69 Å². The van der Waals surface area contributed by atoms with Gasteiger partial charge in [0, 0.05) is 23.9 Å². The Bertz CT molecular complexity index is 681. The van der Waals surface area contributed by atoms with Crippen molar-refractivity contribution in [1.82, 2.24) is 14.8 Å². The van der Waals surface area contributed by atoms with Crippen molar-refractivity contribution in [2.24, 2.45) is 0 Å². The predicted octanol–water partition coefficient (Wildman–Crippen LogP) is 3.21. The summed E-state index contributed by atoms with van der Waals surface area (Å²) in [5.41, 5.74) is 2.71. The Morgan fingerprint density at radius 1 is 1.52 bits per heavy atom. The molecule has 0 aliphatic heterocycles. The van der Waals surface area contributed by atoms with E-state index in [9.17, 15) is 4.79 Å². The molecule has 2 heterocycles. The minimum atomic E-state index is 0.197. The molecule has 23 heavy (non-hydrogen) atoms. The Morgan fingerprint density at radius 3 is 2.91 bits per heavy atom. The molecule has 1 saturated carbocycles. The maximum Gasteiger partial charge on any atom is 0.228 e. The molecule has 1 aliphatic rings. The van der Waals surface area contributed by atoms with Gasteiger partial charge in [-0.1, -0.05) is 6.92 Å². The van der Waals surface area contributed by atoms with Crippen molar-refractivity contribution in [1.29, 1.82) is 0 Å². The highest BCUT2D eigenvalue weighted by atomic mass is 32.2. The highest BCUT2D eigenvalue weighted by Gasteiger charge is 2.35. The number of aryl methyl sites for hydroxylation is 1. The molecule has 122 valence electrons. The normalized spacial score (nSPS) is 15.4. The van der Waals surface area contributed by atoms with E-state index in [1.54, 1.807) is 28.8 Å². The fraction of sp³-hybridized carbons (Fsp3) is 0.471. The molecule has 2 aromatic heterocycles. The van der Waals surface area contributed by atoms with E-state index >= 15 is 0 Å². The minimum Gasteiger partial charge on any atom is -0.306 e. The van der Waals surface area contributed by atoms with Gasteiger partial charge in [-0.05, 0) is 38.2 Å². The Morgan fingerprint density at radius 2 is 2.30 bits per heavy atom. The van der Waals surface area contributed by atoms with Crippen LogP contribution >= 0.6 is 11.8 Å². The van der Waals surface area contributed by atoms with Gasteiger partial charge in [0.15, 0.2) is 0 Å². The first kappa shape index (κ1) is 16.1. The lowest BCUT2D eigenvalue weighted by Gasteiger charge is -2.23. The van der Waals surface area contributed by atoms with E-state index in [0.29, 0.717) is 17.7 Å². The molecule has 0 N–H and O–H groups in total. The van der Waals surface area contributed by atoms with Crippen LogP contribution in [0.5, 0.6) is 0 Å². The predicted molar refractivity (Wildman–Crippen MR) is 94.2 cm³/mol. The average molecular weight is 330 g/mol. The van der Waals surface area contributed by atoms with Crippen molar-refractivity contribution in [3.63, 3.8) is 0 Å². The van der Waals surface area contributed by atoms with Gasteiger partial charge in [0.1, 0.15) is 0 Å². The molecule has 2 aromatic rings. The van der Waals surface area contributed by atoms with Gasteiger partial charge in [-0.15, -0.1) is 0 Å². The smallest absolute Gasteiger partial charge is 0.228 e. The van der Waals surface area contributed by atoms with Crippen LogP contribution in [0.3, 0.4) is 0 Å². The largest absolute Gasteiger partial charge is 0.306 e. The van der Waals surface area contributed by atoms with Crippen LogP contribution in [0, 0.1) is 6.92 Å². The fourth-order valence-corrected chi connectivity index (χ4v) is 2.91. The van der Waals surface area contributed by atoms with Gasteiger partial charge in [0.05, 0.1) is 29.5 Å². The molecule has 6 heteroatoms. The number of amides is 1. The van der Waals surface area contributed by atoms with Gasteiger partial charge >= 0.3 is 0 Å². The lowest BCUT2D eigenvalue weighted by atomic mass is 10.2. The molecule has 1 fully saturated rings. The molecule has 1 atom stereocenters. The van der Waals surface area contributed by atoms with Crippen LogP contribution in [-0.2, 0) is 4.79 Å². The summed E-state index contributed by atoms with van der Waals surface area (Å²) in [4.78, 5) is 18.8. The topological polar surface area (TPSA) is 51.0 Å². The maximum absolute atomic E-state index is 12.8. The lowest BCUT2D eigenvalue weighted by molar-refractivity contribution is -0.118. The van der Waals surface area contributed by atoms with Crippen molar-refractivity contribution in [3.05, 3.63) is 36.4 Å². The molecule has 0 bridgehead atoms. The highest BCUT2D eigenvalue weighted by Crippen LogP contribution is 2.34. The molecule has 1 unspecified atom stereocenters. The Hall–Kier alpha value is -1.82. The second-order valence-corrected chi connectivity index (χ2v) is 7.28. The van der Waals surface area contributed by atoms with Crippen LogP contribution in [0.2, 0.25) is 0 Å².